The van der Waals surface area contributed by atoms with Crippen LogP contribution in [0.5, 0.6) is 11.5 Å². The van der Waals surface area contributed by atoms with E-state index in [0.717, 1.165) is 22.1 Å². The van der Waals surface area contributed by atoms with Gasteiger partial charge in [0.2, 0.25) is 5.91 Å². The van der Waals surface area contributed by atoms with Gasteiger partial charge in [-0.15, -0.1) is 0 Å². The summed E-state index contributed by atoms with van der Waals surface area (Å²) in [5, 5.41) is 17.8. The second-order valence-corrected chi connectivity index (χ2v) is 16.3. The molecule has 2 aromatic rings. The van der Waals surface area contributed by atoms with Crippen molar-refractivity contribution in [2.24, 2.45) is 11.8 Å². The number of nitrogens with one attached hydrogen (secondary N) is 2. The van der Waals surface area contributed by atoms with Gasteiger partial charge in [-0.05, 0) is 96.8 Å². The Hall–Kier alpha value is -4.59. The van der Waals surface area contributed by atoms with E-state index in [1.165, 1.54) is 12.5 Å². The standard InChI is InChI=1S/C38H50N4O10/c1-21-11-14-37-29-22-9-10-26(48-8)30(29)50-31(37)27(12-15-38(37,47)24(21)17-22)49-32(44)25(41-28(43)13-16-39-33(45)51-35(2,3)4)18-23-19-42(20-40-23)34(46)52-36(5,6)7/h9-10,12,19-21,24-25,31,47H,11,13-18H2,1-8H3,(H,39,45)(H,41,43)/t21?,24-,25-,31-,37-,38+/m0/s1. The highest BCUT2D eigenvalue weighted by Crippen LogP contribution is 2.68. The Morgan fingerprint density at radius 3 is 2.54 bits per heavy atom. The number of aliphatic hydroxyl groups is 1. The lowest BCUT2D eigenvalue weighted by molar-refractivity contribution is -0.171. The van der Waals surface area contributed by atoms with Crippen LogP contribution in [0.3, 0.4) is 0 Å². The van der Waals surface area contributed by atoms with Gasteiger partial charge >= 0.3 is 18.2 Å². The second-order valence-electron chi connectivity index (χ2n) is 16.3. The highest BCUT2D eigenvalue weighted by atomic mass is 16.6. The van der Waals surface area contributed by atoms with Crippen LogP contribution >= 0.6 is 0 Å². The SMILES string of the molecule is COc1ccc2c3c1O[C@H]1C(OC(=O)[C@H](Cc4cn(C(=O)OC(C)(C)C)cn4)NC(=O)CCNC(=O)OC(C)(C)C)=CC[C@@]4(O)[C@@H](C2)C(C)CC[C@]314. The van der Waals surface area contributed by atoms with Crippen LogP contribution in [0, 0.1) is 11.8 Å². The lowest BCUT2D eigenvalue weighted by Gasteiger charge is -2.61. The number of hydrogen-bond donors (Lipinski definition) is 3. The van der Waals surface area contributed by atoms with E-state index in [0.29, 0.717) is 30.0 Å². The van der Waals surface area contributed by atoms with Crippen LogP contribution in [0.2, 0.25) is 0 Å². The van der Waals surface area contributed by atoms with E-state index in [2.05, 4.69) is 22.5 Å². The Balaban J connectivity index is 1.25. The number of aromatic nitrogens is 2. The molecule has 6 rings (SSSR count). The van der Waals surface area contributed by atoms with E-state index >= 15 is 0 Å². The van der Waals surface area contributed by atoms with Crippen molar-refractivity contribution in [1.29, 1.82) is 0 Å². The lowest BCUT2D eigenvalue weighted by Crippen LogP contribution is -2.69. The quantitative estimate of drug-likeness (QED) is 0.246. The molecule has 3 aliphatic carbocycles. The van der Waals surface area contributed by atoms with Crippen molar-refractivity contribution in [1.82, 2.24) is 20.2 Å². The third-order valence-corrected chi connectivity index (χ3v) is 10.4. The van der Waals surface area contributed by atoms with Gasteiger partial charge in [-0.1, -0.05) is 13.0 Å². The fourth-order valence-corrected chi connectivity index (χ4v) is 8.30. The normalized spacial score (nSPS) is 26.2. The minimum Gasteiger partial charge on any atom is -0.493 e. The predicted octanol–water partition coefficient (Wildman–Crippen LogP) is 4.48. The van der Waals surface area contributed by atoms with Crippen molar-refractivity contribution >= 4 is 24.1 Å². The number of rotatable bonds is 9. The zero-order chi connectivity index (χ0) is 37.8. The highest BCUT2D eigenvalue weighted by Gasteiger charge is 2.72. The summed E-state index contributed by atoms with van der Waals surface area (Å²) in [6, 6.07) is 2.68. The molecule has 1 aromatic carbocycles. The van der Waals surface area contributed by atoms with E-state index in [4.69, 9.17) is 23.7 Å². The van der Waals surface area contributed by atoms with Crippen LogP contribution in [0.4, 0.5) is 9.59 Å². The molecule has 1 spiro atoms. The number of carbonyl (C=O) groups excluding carboxylic acids is 4. The van der Waals surface area contributed by atoms with Crippen molar-refractivity contribution in [3.05, 3.63) is 53.3 Å². The highest BCUT2D eigenvalue weighted by molar-refractivity contribution is 5.85. The molecule has 1 aliphatic heterocycles. The van der Waals surface area contributed by atoms with Crippen LogP contribution in [0.25, 0.3) is 0 Å². The average Bonchev–Trinajstić information content (AvgIpc) is 3.65. The molecule has 2 heterocycles. The monoisotopic (exact) mass is 722 g/mol. The van der Waals surface area contributed by atoms with Crippen LogP contribution in [0.1, 0.15) is 91.0 Å². The molecular weight excluding hydrogens is 672 g/mol. The molecule has 14 nitrogen and oxygen atoms in total. The zero-order valence-corrected chi connectivity index (χ0v) is 31.2. The number of carbonyl (C=O) groups is 4. The molecule has 1 fully saturated rings. The maximum Gasteiger partial charge on any atom is 0.419 e. The van der Waals surface area contributed by atoms with E-state index in [1.807, 2.05) is 12.1 Å². The first-order valence-corrected chi connectivity index (χ1v) is 17.9. The van der Waals surface area contributed by atoms with E-state index in [-0.39, 0.29) is 43.4 Å². The van der Waals surface area contributed by atoms with Crippen LogP contribution in [-0.2, 0) is 42.1 Å². The van der Waals surface area contributed by atoms with Crippen LogP contribution in [0.15, 0.2) is 36.5 Å². The maximum atomic E-state index is 14.1. The molecule has 0 saturated heterocycles. The summed E-state index contributed by atoms with van der Waals surface area (Å²) in [5.74, 6) is 0.280. The van der Waals surface area contributed by atoms with Crippen molar-refractivity contribution in [3.8, 4) is 11.5 Å². The number of alkyl carbamates (subject to hydrolysis) is 1. The topological polar surface area (TPSA) is 177 Å². The van der Waals surface area contributed by atoms with Gasteiger partial charge in [0.05, 0.1) is 23.8 Å². The van der Waals surface area contributed by atoms with E-state index < -0.39 is 58.4 Å². The van der Waals surface area contributed by atoms with Gasteiger partial charge in [-0.3, -0.25) is 4.79 Å². The Morgan fingerprint density at radius 2 is 1.85 bits per heavy atom. The van der Waals surface area contributed by atoms with Crippen molar-refractivity contribution in [2.45, 2.75) is 121 Å². The molecule has 2 bridgehead atoms. The number of benzene rings is 1. The summed E-state index contributed by atoms with van der Waals surface area (Å²) < 4.78 is 30.3. The first kappa shape index (κ1) is 37.2. The van der Waals surface area contributed by atoms with Gasteiger partial charge in [0.1, 0.15) is 29.3 Å². The van der Waals surface area contributed by atoms with Gasteiger partial charge in [0.15, 0.2) is 17.6 Å². The molecule has 6 atom stereocenters. The Kier molecular flexibility index (Phi) is 9.60. The number of hydrogen-bond acceptors (Lipinski definition) is 11. The average molecular weight is 723 g/mol. The lowest BCUT2D eigenvalue weighted by atomic mass is 9.45. The number of methoxy groups -OCH3 is 1. The molecule has 1 aromatic heterocycles. The number of nitrogens with zero attached hydrogens (tertiary/aromatic N) is 2. The molecule has 2 amide bonds. The Morgan fingerprint density at radius 1 is 1.12 bits per heavy atom. The summed E-state index contributed by atoms with van der Waals surface area (Å²) >= 11 is 0. The zero-order valence-electron chi connectivity index (χ0n) is 31.2. The summed E-state index contributed by atoms with van der Waals surface area (Å²) in [4.78, 5) is 56.4. The Bertz CT molecular complexity index is 1790. The molecule has 1 saturated carbocycles. The van der Waals surface area contributed by atoms with Crippen molar-refractivity contribution in [3.63, 3.8) is 0 Å². The van der Waals surface area contributed by atoms with Gasteiger partial charge in [0, 0.05) is 31.1 Å². The fourth-order valence-electron chi connectivity index (χ4n) is 8.30. The van der Waals surface area contributed by atoms with Crippen molar-refractivity contribution < 1.29 is 48.0 Å². The fraction of sp³-hybridized carbons (Fsp3) is 0.605. The number of amides is 2. The summed E-state index contributed by atoms with van der Waals surface area (Å²) in [6.07, 6.45) is 4.48. The summed E-state index contributed by atoms with van der Waals surface area (Å²) in [5.41, 5.74) is -1.10. The Labute approximate surface area is 303 Å². The molecule has 282 valence electrons. The summed E-state index contributed by atoms with van der Waals surface area (Å²) in [7, 11) is 1.57. The minimum atomic E-state index is -1.24. The van der Waals surface area contributed by atoms with Crippen LogP contribution < -0.4 is 20.1 Å². The predicted molar refractivity (Wildman–Crippen MR) is 187 cm³/mol. The van der Waals surface area contributed by atoms with Gasteiger partial charge in [-0.25, -0.2) is 23.9 Å². The summed E-state index contributed by atoms with van der Waals surface area (Å²) in [6.45, 7) is 12.6. The minimum absolute atomic E-state index is 0.0193. The second kappa shape index (κ2) is 13.4. The largest absolute Gasteiger partial charge is 0.493 e. The van der Waals surface area contributed by atoms with E-state index in [1.54, 1.807) is 54.7 Å². The van der Waals surface area contributed by atoms with Crippen molar-refractivity contribution in [2.75, 3.05) is 13.7 Å². The van der Waals surface area contributed by atoms with E-state index in [9.17, 15) is 24.3 Å². The third kappa shape index (κ3) is 6.84. The molecule has 4 aliphatic rings. The molecular formula is C38H50N4O10. The third-order valence-electron chi connectivity index (χ3n) is 10.4. The van der Waals surface area contributed by atoms with Gasteiger partial charge in [0.25, 0.3) is 0 Å². The number of imidazole rings is 1. The molecule has 3 N–H and O–H groups in total. The van der Waals surface area contributed by atoms with Gasteiger partial charge < -0.3 is 39.4 Å². The number of ether oxygens (including phenoxy) is 5. The smallest absolute Gasteiger partial charge is 0.419 e. The number of esters is 1. The first-order chi connectivity index (χ1) is 24.3. The van der Waals surface area contributed by atoms with Crippen LogP contribution in [-0.4, -0.2) is 81.3 Å². The molecule has 0 radical (unpaired) electrons. The molecule has 52 heavy (non-hydrogen) atoms. The molecule has 1 unspecified atom stereocenters. The van der Waals surface area contributed by atoms with Gasteiger partial charge in [-0.2, -0.15) is 0 Å². The maximum absolute atomic E-state index is 14.1. The first-order valence-electron chi connectivity index (χ1n) is 17.9. The molecule has 14 heteroatoms.